The number of guanidine groups is 1. The molecule has 9 nitrogen and oxygen atoms in total. The Labute approximate surface area is 182 Å². The number of sulfonamides is 1. The van der Waals surface area contributed by atoms with Gasteiger partial charge in [0, 0.05) is 45.8 Å². The Balaban J connectivity index is 2.47. The van der Waals surface area contributed by atoms with E-state index in [1.165, 1.54) is 0 Å². The first kappa shape index (κ1) is 26.5. The quantitative estimate of drug-likeness (QED) is 0.414. The summed E-state index contributed by atoms with van der Waals surface area (Å²) < 4.78 is 31.5. The summed E-state index contributed by atoms with van der Waals surface area (Å²) in [6.07, 6.45) is 2.66. The minimum absolute atomic E-state index is 0.168. The second kappa shape index (κ2) is 12.3. The molecule has 0 spiro atoms. The van der Waals surface area contributed by atoms with Crippen LogP contribution in [-0.4, -0.2) is 86.8 Å². The van der Waals surface area contributed by atoms with Crippen LogP contribution in [0.4, 0.5) is 4.79 Å². The Hall–Kier alpha value is -1.55. The Morgan fingerprint density at radius 3 is 2.30 bits per heavy atom. The summed E-state index contributed by atoms with van der Waals surface area (Å²) in [6, 6.07) is 0.168. The smallest absolute Gasteiger partial charge is 0.410 e. The van der Waals surface area contributed by atoms with E-state index in [2.05, 4.69) is 15.6 Å². The monoisotopic (exact) mass is 447 g/mol. The first-order valence-electron chi connectivity index (χ1n) is 10.9. The highest BCUT2D eigenvalue weighted by Crippen LogP contribution is 2.15. The number of aliphatic imine (C=N–C) groups is 1. The van der Waals surface area contributed by atoms with Crippen LogP contribution in [0, 0.1) is 0 Å². The molecule has 0 bridgehead atoms. The molecule has 1 aliphatic rings. The third-order valence-corrected chi connectivity index (χ3v) is 6.77. The van der Waals surface area contributed by atoms with Gasteiger partial charge in [0.05, 0.1) is 5.75 Å². The molecular weight excluding hydrogens is 406 g/mol. The summed E-state index contributed by atoms with van der Waals surface area (Å²) in [5, 5.41) is 6.61. The number of rotatable bonds is 9. The van der Waals surface area contributed by atoms with E-state index in [4.69, 9.17) is 4.74 Å². The van der Waals surface area contributed by atoms with Crippen LogP contribution in [0.15, 0.2) is 4.99 Å². The number of nitrogens with zero attached hydrogens (tertiary/aromatic N) is 3. The van der Waals surface area contributed by atoms with Crippen molar-refractivity contribution in [1.82, 2.24) is 19.8 Å². The van der Waals surface area contributed by atoms with Gasteiger partial charge in [0.15, 0.2) is 5.96 Å². The van der Waals surface area contributed by atoms with Gasteiger partial charge in [0.2, 0.25) is 10.0 Å². The normalized spacial score (nSPS) is 16.9. The highest BCUT2D eigenvalue weighted by Gasteiger charge is 2.27. The lowest BCUT2D eigenvalue weighted by Gasteiger charge is -2.32. The Morgan fingerprint density at radius 2 is 1.80 bits per heavy atom. The molecule has 1 amide bonds. The van der Waals surface area contributed by atoms with Crippen LogP contribution in [0.2, 0.25) is 0 Å². The van der Waals surface area contributed by atoms with Gasteiger partial charge in [0.25, 0.3) is 0 Å². The maximum Gasteiger partial charge on any atom is 0.410 e. The average molecular weight is 448 g/mol. The summed E-state index contributed by atoms with van der Waals surface area (Å²) in [6.45, 7) is 12.2. The maximum absolute atomic E-state index is 12.3. The highest BCUT2D eigenvalue weighted by molar-refractivity contribution is 7.89. The van der Waals surface area contributed by atoms with Crippen molar-refractivity contribution < 1.29 is 17.9 Å². The molecule has 1 fully saturated rings. The van der Waals surface area contributed by atoms with Gasteiger partial charge >= 0.3 is 6.09 Å². The molecule has 0 aromatic rings. The Kier molecular flexibility index (Phi) is 10.9. The van der Waals surface area contributed by atoms with Crippen LogP contribution in [0.25, 0.3) is 0 Å². The van der Waals surface area contributed by atoms with Gasteiger partial charge in [-0.25, -0.2) is 17.5 Å². The fourth-order valence-electron chi connectivity index (χ4n) is 3.25. The highest BCUT2D eigenvalue weighted by atomic mass is 32.2. The molecule has 0 radical (unpaired) electrons. The summed E-state index contributed by atoms with van der Waals surface area (Å²) >= 11 is 0. The first-order valence-corrected chi connectivity index (χ1v) is 12.6. The molecule has 1 rings (SSSR count). The largest absolute Gasteiger partial charge is 0.444 e. The van der Waals surface area contributed by atoms with E-state index < -0.39 is 15.6 Å². The second-order valence-electron chi connectivity index (χ2n) is 8.60. The van der Waals surface area contributed by atoms with E-state index in [1.807, 2.05) is 34.6 Å². The van der Waals surface area contributed by atoms with Crippen LogP contribution in [0.3, 0.4) is 0 Å². The third kappa shape index (κ3) is 9.51. The van der Waals surface area contributed by atoms with E-state index in [0.717, 1.165) is 19.3 Å². The van der Waals surface area contributed by atoms with E-state index in [1.54, 1.807) is 16.3 Å². The summed E-state index contributed by atoms with van der Waals surface area (Å²) in [7, 11) is -1.43. The number of ether oxygens (including phenoxy) is 1. The van der Waals surface area contributed by atoms with Crippen molar-refractivity contribution in [3.8, 4) is 0 Å². The fourth-order valence-corrected chi connectivity index (χ4v) is 4.79. The minimum atomic E-state index is -3.13. The molecule has 0 aromatic carbocycles. The van der Waals surface area contributed by atoms with Gasteiger partial charge in [-0.05, 0) is 46.5 Å². The average Bonchev–Trinajstić information content (AvgIpc) is 2.65. The molecule has 0 aliphatic carbocycles. The molecule has 0 unspecified atom stereocenters. The Morgan fingerprint density at radius 1 is 1.17 bits per heavy atom. The van der Waals surface area contributed by atoms with Gasteiger partial charge in [-0.1, -0.05) is 13.8 Å². The molecule has 1 heterocycles. The maximum atomic E-state index is 12.3. The van der Waals surface area contributed by atoms with Gasteiger partial charge in [-0.3, -0.25) is 4.99 Å². The SMILES string of the molecule is CCCN(CCNC(=NC)NC1CCN(S(=O)(=O)CCC)CC1)C(=O)OC(C)(C)C. The molecule has 1 aliphatic heterocycles. The van der Waals surface area contributed by atoms with Gasteiger partial charge in [0.1, 0.15) is 5.60 Å². The van der Waals surface area contributed by atoms with Crippen LogP contribution in [0.5, 0.6) is 0 Å². The number of hydrogen-bond acceptors (Lipinski definition) is 5. The van der Waals surface area contributed by atoms with E-state index in [0.29, 0.717) is 45.1 Å². The molecular formula is C20H41N5O4S. The number of hydrogen-bond donors (Lipinski definition) is 2. The standard InChI is InChI=1S/C20H41N5O4S/c1-7-12-24(19(26)29-20(3,4)5)15-11-22-18(21-6)23-17-9-13-25(14-10-17)30(27,28)16-8-2/h17H,7-16H2,1-6H3,(H2,21,22,23). The summed E-state index contributed by atoms with van der Waals surface area (Å²) in [4.78, 5) is 18.3. The molecule has 1 saturated heterocycles. The molecule has 0 aromatic heterocycles. The van der Waals surface area contributed by atoms with E-state index in [9.17, 15) is 13.2 Å². The van der Waals surface area contributed by atoms with Gasteiger partial charge in [-0.2, -0.15) is 0 Å². The van der Waals surface area contributed by atoms with E-state index >= 15 is 0 Å². The number of carbonyl (C=O) groups is 1. The van der Waals surface area contributed by atoms with Crippen LogP contribution in [0.1, 0.15) is 60.3 Å². The van der Waals surface area contributed by atoms with Gasteiger partial charge in [-0.15, -0.1) is 0 Å². The topological polar surface area (TPSA) is 103 Å². The summed E-state index contributed by atoms with van der Waals surface area (Å²) in [5.41, 5.74) is -0.520. The zero-order valence-electron chi connectivity index (χ0n) is 19.5. The molecule has 176 valence electrons. The number of piperidine rings is 1. The molecule has 0 saturated carbocycles. The molecule has 30 heavy (non-hydrogen) atoms. The van der Waals surface area contributed by atoms with E-state index in [-0.39, 0.29) is 17.9 Å². The van der Waals surface area contributed by atoms with Crippen molar-refractivity contribution >= 4 is 22.1 Å². The zero-order chi connectivity index (χ0) is 22.8. The number of nitrogens with one attached hydrogen (secondary N) is 2. The lowest BCUT2D eigenvalue weighted by Crippen LogP contribution is -2.51. The fraction of sp³-hybridized carbons (Fsp3) is 0.900. The van der Waals surface area contributed by atoms with Crippen molar-refractivity contribution in [3.63, 3.8) is 0 Å². The van der Waals surface area contributed by atoms with Crippen molar-refractivity contribution in [3.05, 3.63) is 0 Å². The van der Waals surface area contributed by atoms with Crippen LogP contribution in [-0.2, 0) is 14.8 Å². The predicted octanol–water partition coefficient (Wildman–Crippen LogP) is 2.00. The van der Waals surface area contributed by atoms with Crippen molar-refractivity contribution in [2.24, 2.45) is 4.99 Å². The lowest BCUT2D eigenvalue weighted by molar-refractivity contribution is 0.0253. The predicted molar refractivity (Wildman–Crippen MR) is 121 cm³/mol. The lowest BCUT2D eigenvalue weighted by atomic mass is 10.1. The molecule has 0 atom stereocenters. The first-order chi connectivity index (χ1) is 14.0. The van der Waals surface area contributed by atoms with Crippen molar-refractivity contribution in [2.45, 2.75) is 71.9 Å². The Bertz CT molecular complexity index is 653. The number of carbonyl (C=O) groups excluding carboxylic acids is 1. The zero-order valence-corrected chi connectivity index (χ0v) is 20.3. The minimum Gasteiger partial charge on any atom is -0.444 e. The second-order valence-corrected chi connectivity index (χ2v) is 10.7. The number of amides is 1. The molecule has 2 N–H and O–H groups in total. The molecule has 10 heteroatoms. The van der Waals surface area contributed by atoms with Crippen molar-refractivity contribution in [1.29, 1.82) is 0 Å². The summed E-state index contributed by atoms with van der Waals surface area (Å²) in [5.74, 6) is 0.866. The van der Waals surface area contributed by atoms with Crippen LogP contribution >= 0.6 is 0 Å². The third-order valence-electron chi connectivity index (χ3n) is 4.69. The van der Waals surface area contributed by atoms with Crippen molar-refractivity contribution in [2.75, 3.05) is 45.5 Å². The van der Waals surface area contributed by atoms with Crippen LogP contribution < -0.4 is 10.6 Å². The van der Waals surface area contributed by atoms with Gasteiger partial charge < -0.3 is 20.3 Å².